The zero-order valence-corrected chi connectivity index (χ0v) is 21.9. The molecule has 2 atom stereocenters. The number of aromatic amines is 1. The van der Waals surface area contributed by atoms with Crippen LogP contribution in [-0.4, -0.2) is 32.1 Å². The van der Waals surface area contributed by atoms with Crippen molar-refractivity contribution in [2.24, 2.45) is 27.0 Å². The van der Waals surface area contributed by atoms with Gasteiger partial charge in [-0.3, -0.25) is 14.8 Å². The summed E-state index contributed by atoms with van der Waals surface area (Å²) in [5, 5.41) is 27.0. The number of amides is 1. The number of hydrogen-bond acceptors (Lipinski definition) is 6. The van der Waals surface area contributed by atoms with Crippen molar-refractivity contribution < 1.29 is 9.90 Å². The third-order valence-corrected chi connectivity index (χ3v) is 9.66. The fourth-order valence-electron chi connectivity index (χ4n) is 5.94. The second kappa shape index (κ2) is 8.73. The van der Waals surface area contributed by atoms with Crippen molar-refractivity contribution >= 4 is 40.3 Å². The number of aromatic hydroxyl groups is 1. The molecule has 37 heavy (non-hydrogen) atoms. The van der Waals surface area contributed by atoms with Gasteiger partial charge in [0.05, 0.1) is 22.5 Å². The second-order valence-corrected chi connectivity index (χ2v) is 11.8. The standard InChI is InChI=1S/C29H29N5O2S/c1-28(2)20-13-14-29(28,3)24(16-20)31-33-27-34(21-9-11-22(35)12-10-21)26(36)23(37-27)15-19-17-30-32-25(19)18-7-5-4-6-8-18/h4-12,15,17,20,35H,13-14,16H2,1-3H3,(H,30,32)/b23-15-,31-24+,33-27+. The Hall–Kier alpha value is -3.65. The van der Waals surface area contributed by atoms with Crippen molar-refractivity contribution in [3.05, 3.63) is 71.3 Å². The van der Waals surface area contributed by atoms with Crippen molar-refractivity contribution in [3.8, 4) is 17.0 Å². The number of thioether (sulfide) groups is 1. The Labute approximate surface area is 220 Å². The maximum atomic E-state index is 13.7. The number of aromatic nitrogens is 2. The maximum absolute atomic E-state index is 13.7. The quantitative estimate of drug-likeness (QED) is 0.310. The minimum atomic E-state index is -0.186. The molecular weight excluding hydrogens is 482 g/mol. The number of H-pyrrole nitrogens is 1. The van der Waals surface area contributed by atoms with Crippen LogP contribution in [0, 0.1) is 16.7 Å². The molecule has 2 aromatic carbocycles. The number of nitrogens with one attached hydrogen (secondary N) is 1. The number of hydrogen-bond donors (Lipinski definition) is 2. The lowest BCUT2D eigenvalue weighted by atomic mass is 9.70. The third kappa shape index (κ3) is 3.82. The van der Waals surface area contributed by atoms with Crippen LogP contribution in [0.3, 0.4) is 0 Å². The maximum Gasteiger partial charge on any atom is 0.271 e. The number of phenols is 1. The molecule has 2 unspecified atom stereocenters. The molecule has 188 valence electrons. The van der Waals surface area contributed by atoms with E-state index in [1.54, 1.807) is 35.4 Å². The normalized spacial score (nSPS) is 27.8. The Morgan fingerprint density at radius 3 is 2.54 bits per heavy atom. The van der Waals surface area contributed by atoms with Gasteiger partial charge in [-0.25, -0.2) is 0 Å². The molecule has 6 rings (SSSR count). The van der Waals surface area contributed by atoms with E-state index in [0.29, 0.717) is 21.7 Å². The van der Waals surface area contributed by atoms with Gasteiger partial charge in [-0.2, -0.15) is 10.2 Å². The molecule has 2 heterocycles. The number of phenolic OH excluding ortho intramolecular Hbond substituents is 1. The van der Waals surface area contributed by atoms with E-state index in [9.17, 15) is 9.90 Å². The highest BCUT2D eigenvalue weighted by molar-refractivity contribution is 8.19. The van der Waals surface area contributed by atoms with Gasteiger partial charge in [0.1, 0.15) is 5.75 Å². The summed E-state index contributed by atoms with van der Waals surface area (Å²) in [5.74, 6) is 0.574. The number of amidine groups is 1. The molecule has 0 radical (unpaired) electrons. The molecule has 0 spiro atoms. The molecule has 2 aliphatic carbocycles. The number of benzene rings is 2. The fraction of sp³-hybridized carbons (Fsp3) is 0.310. The molecular formula is C29H29N5O2S. The lowest BCUT2D eigenvalue weighted by Gasteiger charge is -2.34. The van der Waals surface area contributed by atoms with Crippen LogP contribution in [0.1, 0.15) is 45.6 Å². The molecule has 1 saturated heterocycles. The highest BCUT2D eigenvalue weighted by Gasteiger charge is 2.60. The van der Waals surface area contributed by atoms with E-state index in [-0.39, 0.29) is 22.5 Å². The van der Waals surface area contributed by atoms with Gasteiger partial charge in [0.15, 0.2) is 0 Å². The van der Waals surface area contributed by atoms with E-state index in [2.05, 4.69) is 36.1 Å². The lowest BCUT2D eigenvalue weighted by molar-refractivity contribution is -0.113. The largest absolute Gasteiger partial charge is 0.508 e. The first-order chi connectivity index (χ1) is 17.8. The van der Waals surface area contributed by atoms with E-state index in [1.165, 1.54) is 18.2 Å². The van der Waals surface area contributed by atoms with Gasteiger partial charge in [0, 0.05) is 22.3 Å². The molecule has 7 nitrogen and oxygen atoms in total. The van der Waals surface area contributed by atoms with E-state index in [0.717, 1.165) is 35.4 Å². The van der Waals surface area contributed by atoms with Gasteiger partial charge < -0.3 is 5.11 Å². The minimum absolute atomic E-state index is 0.0262. The van der Waals surface area contributed by atoms with E-state index in [4.69, 9.17) is 5.10 Å². The first-order valence-electron chi connectivity index (χ1n) is 12.5. The molecule has 3 aliphatic rings. The highest BCUT2D eigenvalue weighted by Crippen LogP contribution is 2.64. The first-order valence-corrected chi connectivity index (χ1v) is 13.4. The molecule has 1 aromatic heterocycles. The van der Waals surface area contributed by atoms with Gasteiger partial charge in [-0.15, -0.1) is 5.10 Å². The van der Waals surface area contributed by atoms with E-state index in [1.807, 2.05) is 36.4 Å². The Balaban J connectivity index is 1.39. The Morgan fingerprint density at radius 2 is 1.86 bits per heavy atom. The Morgan fingerprint density at radius 1 is 1.11 bits per heavy atom. The van der Waals surface area contributed by atoms with Crippen LogP contribution in [-0.2, 0) is 4.79 Å². The van der Waals surface area contributed by atoms with E-state index >= 15 is 0 Å². The predicted molar refractivity (Wildman–Crippen MR) is 149 cm³/mol. The molecule has 2 N–H and O–H groups in total. The Bertz CT molecular complexity index is 1450. The Kier molecular flexibility index (Phi) is 5.60. The van der Waals surface area contributed by atoms with Crippen molar-refractivity contribution in [2.75, 3.05) is 4.90 Å². The van der Waals surface area contributed by atoms with E-state index < -0.39 is 0 Å². The van der Waals surface area contributed by atoms with Crippen LogP contribution in [0.25, 0.3) is 17.3 Å². The number of anilines is 1. The number of nitrogens with zero attached hydrogens (tertiary/aromatic N) is 4. The highest BCUT2D eigenvalue weighted by atomic mass is 32.2. The van der Waals surface area contributed by atoms with Crippen molar-refractivity contribution in [1.82, 2.24) is 10.2 Å². The van der Waals surface area contributed by atoms with Crippen LogP contribution in [0.5, 0.6) is 5.75 Å². The van der Waals surface area contributed by atoms with Gasteiger partial charge in [-0.1, -0.05) is 51.1 Å². The molecule has 1 amide bonds. The summed E-state index contributed by atoms with van der Waals surface area (Å²) in [6.45, 7) is 6.99. The van der Waals surface area contributed by atoms with Gasteiger partial charge in [-0.05, 0) is 72.7 Å². The monoisotopic (exact) mass is 511 g/mol. The number of rotatable bonds is 4. The summed E-state index contributed by atoms with van der Waals surface area (Å²) >= 11 is 1.31. The summed E-state index contributed by atoms with van der Waals surface area (Å²) in [7, 11) is 0. The lowest BCUT2D eigenvalue weighted by Crippen LogP contribution is -2.32. The zero-order valence-electron chi connectivity index (χ0n) is 21.1. The summed E-state index contributed by atoms with van der Waals surface area (Å²) in [6.07, 6.45) is 6.88. The molecule has 2 bridgehead atoms. The molecule has 1 aliphatic heterocycles. The predicted octanol–water partition coefficient (Wildman–Crippen LogP) is 6.46. The summed E-state index contributed by atoms with van der Waals surface area (Å²) in [4.78, 5) is 15.8. The number of fused-ring (bicyclic) bond motifs is 2. The summed E-state index contributed by atoms with van der Waals surface area (Å²) < 4.78 is 0. The smallest absolute Gasteiger partial charge is 0.271 e. The summed E-state index contributed by atoms with van der Waals surface area (Å²) in [6, 6.07) is 16.5. The third-order valence-electron chi connectivity index (χ3n) is 8.70. The average Bonchev–Trinajstić information content (AvgIpc) is 3.58. The van der Waals surface area contributed by atoms with Crippen molar-refractivity contribution in [3.63, 3.8) is 0 Å². The van der Waals surface area contributed by atoms with Crippen molar-refractivity contribution in [2.45, 2.75) is 40.0 Å². The number of carbonyl (C=O) groups is 1. The fourth-order valence-corrected chi connectivity index (χ4v) is 6.86. The average molecular weight is 512 g/mol. The topological polar surface area (TPSA) is 93.9 Å². The van der Waals surface area contributed by atoms with Crippen LogP contribution >= 0.6 is 11.8 Å². The van der Waals surface area contributed by atoms with Crippen LogP contribution in [0.4, 0.5) is 5.69 Å². The molecule has 3 aromatic rings. The second-order valence-electron chi connectivity index (χ2n) is 10.8. The van der Waals surface area contributed by atoms with Crippen molar-refractivity contribution in [1.29, 1.82) is 0 Å². The van der Waals surface area contributed by atoms with Gasteiger partial charge in [0.25, 0.3) is 5.91 Å². The minimum Gasteiger partial charge on any atom is -0.508 e. The first kappa shape index (κ1) is 23.7. The van der Waals surface area contributed by atoms with Gasteiger partial charge >= 0.3 is 0 Å². The molecule has 8 heteroatoms. The van der Waals surface area contributed by atoms with Crippen LogP contribution in [0.15, 0.2) is 75.9 Å². The number of carbonyl (C=O) groups excluding carboxylic acids is 1. The zero-order chi connectivity index (χ0) is 25.8. The summed E-state index contributed by atoms with van der Waals surface area (Å²) in [5.41, 5.74) is 4.64. The molecule has 3 fully saturated rings. The SMILES string of the molecule is CC12CCC(C/C1=N\N=C1\S/C(=C\c3cn[nH]c3-c3ccccc3)C(=O)N1c1ccc(O)cc1)C2(C)C. The van der Waals surface area contributed by atoms with Crippen LogP contribution in [0.2, 0.25) is 0 Å². The molecule has 2 saturated carbocycles. The van der Waals surface area contributed by atoms with Gasteiger partial charge in [0.2, 0.25) is 5.17 Å². The van der Waals surface area contributed by atoms with Crippen LogP contribution < -0.4 is 4.90 Å².